The van der Waals surface area contributed by atoms with Gasteiger partial charge >= 0.3 is 5.97 Å². The van der Waals surface area contributed by atoms with E-state index in [1.54, 1.807) is 0 Å². The van der Waals surface area contributed by atoms with Crippen LogP contribution in [0.15, 0.2) is 6.07 Å². The van der Waals surface area contributed by atoms with Gasteiger partial charge in [0.05, 0.1) is 19.2 Å². The molecule has 100 valence electrons. The largest absolute Gasteiger partial charge is 0.469 e. The van der Waals surface area contributed by atoms with Gasteiger partial charge in [-0.05, 0) is 26.3 Å². The lowest BCUT2D eigenvalue weighted by molar-refractivity contribution is -0.141. The Morgan fingerprint density at radius 1 is 1.33 bits per heavy atom. The smallest absolute Gasteiger partial charge is 0.305 e. The van der Waals surface area contributed by atoms with Gasteiger partial charge < -0.3 is 4.74 Å². The van der Waals surface area contributed by atoms with Crippen molar-refractivity contribution in [2.24, 2.45) is 0 Å². The second-order valence-corrected chi connectivity index (χ2v) is 4.21. The fourth-order valence-corrected chi connectivity index (χ4v) is 1.81. The minimum absolute atomic E-state index is 0.0851. The van der Waals surface area contributed by atoms with Crippen molar-refractivity contribution in [1.29, 1.82) is 0 Å². The highest BCUT2D eigenvalue weighted by Gasteiger charge is 2.09. The molecular weight excluding hydrogens is 232 g/mol. The number of carbonyl (C=O) groups is 2. The molecule has 0 spiro atoms. The number of rotatable bonds is 7. The highest BCUT2D eigenvalue weighted by molar-refractivity contribution is 5.82. The summed E-state index contributed by atoms with van der Waals surface area (Å²) in [4.78, 5) is 22.5. The first-order valence-electron chi connectivity index (χ1n) is 6.18. The van der Waals surface area contributed by atoms with Gasteiger partial charge in [0.25, 0.3) is 0 Å². The number of aromatic nitrogens is 2. The number of nitrogens with zero attached hydrogens (tertiary/aromatic N) is 2. The molecule has 0 N–H and O–H groups in total. The average Bonchev–Trinajstić information content (AvgIpc) is 2.73. The van der Waals surface area contributed by atoms with Crippen molar-refractivity contribution in [3.63, 3.8) is 0 Å². The van der Waals surface area contributed by atoms with Gasteiger partial charge in [-0.3, -0.25) is 14.3 Å². The van der Waals surface area contributed by atoms with E-state index in [0.29, 0.717) is 12.8 Å². The fraction of sp³-hybridized carbons (Fsp3) is 0.615. The summed E-state index contributed by atoms with van der Waals surface area (Å²) in [5, 5.41) is 4.33. The third-order valence-corrected chi connectivity index (χ3v) is 2.78. The van der Waals surface area contributed by atoms with Crippen molar-refractivity contribution in [3.05, 3.63) is 17.5 Å². The molecule has 0 fully saturated rings. The second kappa shape index (κ2) is 6.93. The van der Waals surface area contributed by atoms with Gasteiger partial charge in [0.2, 0.25) is 0 Å². The van der Waals surface area contributed by atoms with Crippen LogP contribution in [-0.2, 0) is 27.3 Å². The highest BCUT2D eigenvalue weighted by atomic mass is 16.5. The number of Topliss-reactive ketones (excluding diaryl/α,β-unsaturated/α-hetero) is 1. The van der Waals surface area contributed by atoms with Crippen LogP contribution >= 0.6 is 0 Å². The molecule has 0 unspecified atom stereocenters. The summed E-state index contributed by atoms with van der Waals surface area (Å²) in [6.45, 7) is 4.77. The van der Waals surface area contributed by atoms with Crippen LogP contribution < -0.4 is 0 Å². The van der Waals surface area contributed by atoms with Crippen LogP contribution in [0.1, 0.15) is 37.6 Å². The van der Waals surface area contributed by atoms with E-state index in [-0.39, 0.29) is 24.6 Å². The predicted octanol–water partition coefficient (Wildman–Crippen LogP) is 1.67. The first-order chi connectivity index (χ1) is 8.56. The Labute approximate surface area is 107 Å². The molecule has 0 aliphatic carbocycles. The number of carbonyl (C=O) groups excluding carboxylic acids is 2. The third-order valence-electron chi connectivity index (χ3n) is 2.78. The van der Waals surface area contributed by atoms with E-state index in [2.05, 4.69) is 9.84 Å². The zero-order chi connectivity index (χ0) is 13.5. The minimum Gasteiger partial charge on any atom is -0.469 e. The summed E-state index contributed by atoms with van der Waals surface area (Å²) < 4.78 is 6.40. The molecule has 1 aromatic heterocycles. The van der Waals surface area contributed by atoms with Gasteiger partial charge in [-0.15, -0.1) is 0 Å². The highest BCUT2D eigenvalue weighted by Crippen LogP contribution is 2.08. The lowest BCUT2D eigenvalue weighted by atomic mass is 10.1. The number of aryl methyl sites for hydroxylation is 3. The number of esters is 1. The van der Waals surface area contributed by atoms with Crippen molar-refractivity contribution in [2.45, 2.75) is 46.1 Å². The summed E-state index contributed by atoms with van der Waals surface area (Å²) in [6.07, 6.45) is 1.55. The number of hydrogen-bond donors (Lipinski definition) is 0. The van der Waals surface area contributed by atoms with E-state index in [4.69, 9.17) is 0 Å². The fourth-order valence-electron chi connectivity index (χ4n) is 1.81. The Hall–Kier alpha value is -1.65. The molecular formula is C13H20N2O3. The maximum Gasteiger partial charge on any atom is 0.305 e. The van der Waals surface area contributed by atoms with Crippen LogP contribution in [0.25, 0.3) is 0 Å². The van der Waals surface area contributed by atoms with Crippen molar-refractivity contribution in [1.82, 2.24) is 9.78 Å². The lowest BCUT2D eigenvalue weighted by Gasteiger charge is -2.04. The van der Waals surface area contributed by atoms with Gasteiger partial charge in [-0.25, -0.2) is 0 Å². The number of ketones is 1. The van der Waals surface area contributed by atoms with E-state index >= 15 is 0 Å². The normalized spacial score (nSPS) is 10.4. The van der Waals surface area contributed by atoms with Gasteiger partial charge in [-0.2, -0.15) is 5.10 Å². The summed E-state index contributed by atoms with van der Waals surface area (Å²) in [7, 11) is 1.33. The summed E-state index contributed by atoms with van der Waals surface area (Å²) in [5.41, 5.74) is 2.04. The van der Waals surface area contributed by atoms with Gasteiger partial charge in [-0.1, -0.05) is 0 Å². The van der Waals surface area contributed by atoms with Crippen molar-refractivity contribution in [3.8, 4) is 0 Å². The molecule has 0 aliphatic heterocycles. The molecule has 0 radical (unpaired) electrons. The van der Waals surface area contributed by atoms with Crippen LogP contribution in [0.5, 0.6) is 0 Å². The molecule has 5 heteroatoms. The molecule has 1 rings (SSSR count). The van der Waals surface area contributed by atoms with E-state index in [9.17, 15) is 9.59 Å². The lowest BCUT2D eigenvalue weighted by Crippen LogP contribution is -2.08. The molecule has 0 saturated heterocycles. The first kappa shape index (κ1) is 14.4. The average molecular weight is 252 g/mol. The zero-order valence-corrected chi connectivity index (χ0v) is 11.2. The zero-order valence-electron chi connectivity index (χ0n) is 11.2. The van der Waals surface area contributed by atoms with Crippen molar-refractivity contribution in [2.75, 3.05) is 7.11 Å². The summed E-state index contributed by atoms with van der Waals surface area (Å²) >= 11 is 0. The van der Waals surface area contributed by atoms with E-state index in [1.807, 2.05) is 24.6 Å². The monoisotopic (exact) mass is 252 g/mol. The topological polar surface area (TPSA) is 61.2 Å². The predicted molar refractivity (Wildman–Crippen MR) is 67.2 cm³/mol. The van der Waals surface area contributed by atoms with Crippen LogP contribution in [0.4, 0.5) is 0 Å². The molecule has 18 heavy (non-hydrogen) atoms. The Bertz CT molecular complexity index is 424. The van der Waals surface area contributed by atoms with Crippen LogP contribution in [0.3, 0.4) is 0 Å². The molecule has 0 saturated carbocycles. The Balaban J connectivity index is 2.40. The maximum absolute atomic E-state index is 11.6. The third kappa shape index (κ3) is 4.31. The number of hydrogen-bond acceptors (Lipinski definition) is 4. The molecule has 1 heterocycles. The minimum atomic E-state index is -0.335. The van der Waals surface area contributed by atoms with Gasteiger partial charge in [0, 0.05) is 25.1 Å². The molecule has 0 amide bonds. The molecule has 5 nitrogen and oxygen atoms in total. The molecule has 1 aromatic rings. The summed E-state index contributed by atoms with van der Waals surface area (Å²) in [6, 6.07) is 2.00. The van der Waals surface area contributed by atoms with E-state index in [1.165, 1.54) is 7.11 Å². The Morgan fingerprint density at radius 3 is 2.67 bits per heavy atom. The first-order valence-corrected chi connectivity index (χ1v) is 6.18. The quantitative estimate of drug-likeness (QED) is 0.692. The van der Waals surface area contributed by atoms with Gasteiger partial charge in [0.1, 0.15) is 5.78 Å². The maximum atomic E-state index is 11.6. The van der Waals surface area contributed by atoms with Crippen LogP contribution in [-0.4, -0.2) is 28.6 Å². The summed E-state index contributed by atoms with van der Waals surface area (Å²) in [5.74, 6) is -0.250. The SMILES string of the molecule is CCn1nc(C)cc1CCC(=O)CCC(=O)OC. The van der Waals surface area contributed by atoms with E-state index < -0.39 is 0 Å². The van der Waals surface area contributed by atoms with Gasteiger partial charge in [0.15, 0.2) is 0 Å². The molecule has 0 bridgehead atoms. The van der Waals surface area contributed by atoms with Crippen LogP contribution in [0, 0.1) is 6.92 Å². The standard InChI is InChI=1S/C13H20N2O3/c1-4-15-11(9-10(2)14-15)5-6-12(16)7-8-13(17)18-3/h9H,4-8H2,1-3H3. The van der Waals surface area contributed by atoms with Crippen molar-refractivity contribution < 1.29 is 14.3 Å². The number of ether oxygens (including phenoxy) is 1. The molecule has 0 atom stereocenters. The molecule has 0 aromatic carbocycles. The molecule has 0 aliphatic rings. The number of methoxy groups -OCH3 is 1. The second-order valence-electron chi connectivity index (χ2n) is 4.21. The van der Waals surface area contributed by atoms with E-state index in [0.717, 1.165) is 17.9 Å². The van der Waals surface area contributed by atoms with Crippen molar-refractivity contribution >= 4 is 11.8 Å². The Morgan fingerprint density at radius 2 is 2.06 bits per heavy atom. The van der Waals surface area contributed by atoms with Crippen LogP contribution in [0.2, 0.25) is 0 Å². The Kier molecular flexibility index (Phi) is 5.55.